The second-order valence-corrected chi connectivity index (χ2v) is 2.25. The maximum Gasteiger partial charge on any atom is 0.277 e. The normalized spacial score (nSPS) is 34.6. The van der Waals surface area contributed by atoms with Crippen molar-refractivity contribution in [1.82, 2.24) is 0 Å². The first kappa shape index (κ1) is 5.61. The van der Waals surface area contributed by atoms with E-state index < -0.39 is 4.92 Å². The number of ether oxygens (including phenoxy) is 1. The topological polar surface area (TPSA) is 52.4 Å². The highest BCUT2D eigenvalue weighted by molar-refractivity contribution is 5.27. The maximum absolute atomic E-state index is 10.2. The molecule has 2 rings (SSSR count). The Bertz CT molecular complexity index is 243. The second-order valence-electron chi connectivity index (χ2n) is 2.25. The lowest BCUT2D eigenvalue weighted by Gasteiger charge is -1.97. The predicted molar refractivity (Wildman–Crippen MR) is 32.9 cm³/mol. The van der Waals surface area contributed by atoms with Crippen molar-refractivity contribution < 1.29 is 9.66 Å². The Kier molecular flexibility index (Phi) is 0.935. The fraction of sp³-hybridized carbons (Fsp3) is 0.333. The van der Waals surface area contributed by atoms with Crippen molar-refractivity contribution in [2.45, 2.75) is 12.2 Å². The Labute approximate surface area is 56.9 Å². The highest BCUT2D eigenvalue weighted by Gasteiger charge is 2.36. The van der Waals surface area contributed by atoms with Gasteiger partial charge in [0.1, 0.15) is 6.10 Å². The van der Waals surface area contributed by atoms with Crippen molar-refractivity contribution in [1.29, 1.82) is 0 Å². The van der Waals surface area contributed by atoms with E-state index in [9.17, 15) is 10.1 Å². The summed E-state index contributed by atoms with van der Waals surface area (Å²) >= 11 is 0. The molecular formula is C6H5NO3. The van der Waals surface area contributed by atoms with Crippen molar-refractivity contribution in [3.05, 3.63) is 34.0 Å². The molecule has 0 saturated carbocycles. The SMILES string of the molecule is O=[N+]([O-])C1=C[C@@H]2C=C[C@H]1O2. The quantitative estimate of drug-likeness (QED) is 0.301. The minimum atomic E-state index is -0.395. The van der Waals surface area contributed by atoms with Crippen LogP contribution in [0.1, 0.15) is 0 Å². The van der Waals surface area contributed by atoms with Gasteiger partial charge < -0.3 is 4.74 Å². The van der Waals surface area contributed by atoms with Crippen molar-refractivity contribution in [2.75, 3.05) is 0 Å². The molecule has 0 aromatic rings. The van der Waals surface area contributed by atoms with E-state index in [1.54, 1.807) is 6.08 Å². The van der Waals surface area contributed by atoms with Crippen LogP contribution in [-0.4, -0.2) is 17.1 Å². The number of rotatable bonds is 1. The highest BCUT2D eigenvalue weighted by Crippen LogP contribution is 2.27. The molecule has 2 atom stereocenters. The Morgan fingerprint density at radius 3 is 2.70 bits per heavy atom. The highest BCUT2D eigenvalue weighted by atomic mass is 16.6. The van der Waals surface area contributed by atoms with Crippen LogP contribution in [0.25, 0.3) is 0 Å². The summed E-state index contributed by atoms with van der Waals surface area (Å²) in [5.41, 5.74) is 0.174. The van der Waals surface area contributed by atoms with Crippen molar-refractivity contribution in [3.63, 3.8) is 0 Å². The molecule has 0 fully saturated rings. The van der Waals surface area contributed by atoms with Gasteiger partial charge in [-0.1, -0.05) is 6.08 Å². The fourth-order valence-electron chi connectivity index (χ4n) is 1.16. The molecule has 0 N–H and O–H groups in total. The van der Waals surface area contributed by atoms with Crippen molar-refractivity contribution >= 4 is 0 Å². The van der Waals surface area contributed by atoms with Gasteiger partial charge in [0, 0.05) is 6.08 Å². The Morgan fingerprint density at radius 1 is 1.60 bits per heavy atom. The van der Waals surface area contributed by atoms with E-state index in [1.807, 2.05) is 6.08 Å². The van der Waals surface area contributed by atoms with Crippen molar-refractivity contribution in [3.8, 4) is 0 Å². The first-order chi connectivity index (χ1) is 4.77. The van der Waals surface area contributed by atoms with Crippen LogP contribution in [0, 0.1) is 10.1 Å². The fourth-order valence-corrected chi connectivity index (χ4v) is 1.16. The molecule has 0 aromatic heterocycles. The summed E-state index contributed by atoms with van der Waals surface area (Å²) < 4.78 is 5.10. The molecule has 2 aliphatic rings. The molecule has 2 heterocycles. The standard InChI is InChI=1S/C6H5NO3/c8-7(9)5-3-4-1-2-6(5)10-4/h1-4,6H/t4-,6+/m0/s1. The summed E-state index contributed by atoms with van der Waals surface area (Å²) in [5.74, 6) is 0. The van der Waals surface area contributed by atoms with E-state index in [-0.39, 0.29) is 17.9 Å². The van der Waals surface area contributed by atoms with Gasteiger partial charge >= 0.3 is 0 Å². The van der Waals surface area contributed by atoms with Gasteiger partial charge in [0.25, 0.3) is 5.70 Å². The number of hydrogen-bond acceptors (Lipinski definition) is 3. The maximum atomic E-state index is 10.2. The Balaban J connectivity index is 2.29. The lowest BCUT2D eigenvalue weighted by atomic mass is 10.1. The van der Waals surface area contributed by atoms with Gasteiger partial charge in [-0.3, -0.25) is 10.1 Å². The monoisotopic (exact) mass is 139 g/mol. The molecule has 0 radical (unpaired) electrons. The third-order valence-corrected chi connectivity index (χ3v) is 1.62. The Hall–Kier alpha value is -1.16. The summed E-state index contributed by atoms with van der Waals surface area (Å²) in [6.45, 7) is 0. The second kappa shape index (κ2) is 1.67. The first-order valence-corrected chi connectivity index (χ1v) is 2.97. The number of hydrogen-bond donors (Lipinski definition) is 0. The van der Waals surface area contributed by atoms with Crippen LogP contribution in [-0.2, 0) is 4.74 Å². The number of nitro groups is 1. The molecule has 52 valence electrons. The molecule has 4 nitrogen and oxygen atoms in total. The number of nitrogens with zero attached hydrogens (tertiary/aromatic N) is 1. The van der Waals surface area contributed by atoms with Gasteiger partial charge in [0.05, 0.1) is 4.92 Å². The molecule has 0 aliphatic carbocycles. The molecule has 2 bridgehead atoms. The zero-order valence-electron chi connectivity index (χ0n) is 5.06. The van der Waals surface area contributed by atoms with Crippen LogP contribution in [0.2, 0.25) is 0 Å². The van der Waals surface area contributed by atoms with Gasteiger partial charge in [-0.15, -0.1) is 0 Å². The van der Waals surface area contributed by atoms with Gasteiger partial charge in [0.15, 0.2) is 6.10 Å². The number of fused-ring (bicyclic) bond motifs is 2. The van der Waals surface area contributed by atoms with Crippen LogP contribution in [0.4, 0.5) is 0 Å². The minimum absolute atomic E-state index is 0.148. The molecule has 0 unspecified atom stereocenters. The van der Waals surface area contributed by atoms with Gasteiger partial charge in [0.2, 0.25) is 0 Å². The van der Waals surface area contributed by atoms with E-state index in [2.05, 4.69) is 0 Å². The zero-order valence-corrected chi connectivity index (χ0v) is 5.06. The van der Waals surface area contributed by atoms with Crippen LogP contribution in [0.15, 0.2) is 23.9 Å². The van der Waals surface area contributed by atoms with Gasteiger partial charge in [-0.2, -0.15) is 0 Å². The summed E-state index contributed by atoms with van der Waals surface area (Å²) in [7, 11) is 0. The van der Waals surface area contributed by atoms with E-state index in [0.717, 1.165) is 0 Å². The molecule has 0 spiro atoms. The molecule has 0 amide bonds. The molecule has 2 aliphatic heterocycles. The lowest BCUT2D eigenvalue weighted by Crippen LogP contribution is -2.10. The molecule has 10 heavy (non-hydrogen) atoms. The third-order valence-electron chi connectivity index (χ3n) is 1.62. The molecule has 0 saturated heterocycles. The summed E-state index contributed by atoms with van der Waals surface area (Å²) in [6, 6.07) is 0. The van der Waals surface area contributed by atoms with E-state index in [0.29, 0.717) is 0 Å². The summed E-state index contributed by atoms with van der Waals surface area (Å²) in [6.07, 6.45) is 4.52. The average molecular weight is 139 g/mol. The predicted octanol–water partition coefficient (Wildman–Crippen LogP) is 0.484. The molecule has 0 aromatic carbocycles. The van der Waals surface area contributed by atoms with E-state index >= 15 is 0 Å². The van der Waals surface area contributed by atoms with Gasteiger partial charge in [-0.25, -0.2) is 0 Å². The summed E-state index contributed by atoms with van der Waals surface area (Å²) in [4.78, 5) is 9.82. The largest absolute Gasteiger partial charge is 0.351 e. The van der Waals surface area contributed by atoms with Crippen LogP contribution < -0.4 is 0 Å². The third kappa shape index (κ3) is 0.593. The van der Waals surface area contributed by atoms with Crippen LogP contribution >= 0.6 is 0 Å². The molecular weight excluding hydrogens is 134 g/mol. The van der Waals surface area contributed by atoms with Crippen LogP contribution in [0.5, 0.6) is 0 Å². The lowest BCUT2D eigenvalue weighted by molar-refractivity contribution is -0.431. The minimum Gasteiger partial charge on any atom is -0.351 e. The first-order valence-electron chi connectivity index (χ1n) is 2.97. The summed E-state index contributed by atoms with van der Waals surface area (Å²) in [5, 5.41) is 10.2. The average Bonchev–Trinajstić information content (AvgIpc) is 2.44. The van der Waals surface area contributed by atoms with E-state index in [1.165, 1.54) is 6.08 Å². The van der Waals surface area contributed by atoms with Crippen LogP contribution in [0.3, 0.4) is 0 Å². The Morgan fingerprint density at radius 2 is 2.40 bits per heavy atom. The molecule has 4 heteroatoms. The van der Waals surface area contributed by atoms with Crippen molar-refractivity contribution in [2.24, 2.45) is 0 Å². The zero-order chi connectivity index (χ0) is 7.14. The van der Waals surface area contributed by atoms with Gasteiger partial charge in [-0.05, 0) is 6.08 Å². The van der Waals surface area contributed by atoms with E-state index in [4.69, 9.17) is 4.74 Å². The smallest absolute Gasteiger partial charge is 0.277 e.